The van der Waals surface area contributed by atoms with Crippen LogP contribution in [-0.4, -0.2) is 30.0 Å². The van der Waals surface area contributed by atoms with Crippen LogP contribution in [0.5, 0.6) is 0 Å². The van der Waals surface area contributed by atoms with E-state index in [0.29, 0.717) is 12.0 Å². The van der Waals surface area contributed by atoms with Gasteiger partial charge in [-0.05, 0) is 24.7 Å². The number of nitrogens with two attached hydrogens (primary N) is 1. The van der Waals surface area contributed by atoms with Crippen molar-refractivity contribution in [3.63, 3.8) is 0 Å². The molecule has 1 unspecified atom stereocenters. The minimum absolute atomic E-state index is 0.617. The van der Waals surface area contributed by atoms with E-state index in [-0.39, 0.29) is 0 Å². The highest BCUT2D eigenvalue weighted by atomic mass is 15.3. The molecule has 14 heavy (non-hydrogen) atoms. The third kappa shape index (κ3) is 1.72. The molecule has 3 nitrogen and oxygen atoms in total. The molecule has 3 heteroatoms. The topological polar surface area (TPSA) is 41.6 Å². The van der Waals surface area contributed by atoms with E-state index < -0.39 is 0 Å². The first-order chi connectivity index (χ1) is 6.68. The molecule has 2 rings (SSSR count). The van der Waals surface area contributed by atoms with Gasteiger partial charge in [0.05, 0.1) is 12.6 Å². The first-order valence-electron chi connectivity index (χ1n) is 5.75. The third-order valence-electron chi connectivity index (χ3n) is 3.39. The highest BCUT2D eigenvalue weighted by molar-refractivity contribution is 5.80. The maximum Gasteiger partial charge on any atom is 0.191 e. The predicted molar refractivity (Wildman–Crippen MR) is 59.2 cm³/mol. The number of hydrogen-bond donors (Lipinski definition) is 1. The molecule has 0 amide bonds. The predicted octanol–water partition coefficient (Wildman–Crippen LogP) is 1.44. The molecule has 0 aromatic carbocycles. The van der Waals surface area contributed by atoms with Crippen LogP contribution in [0.25, 0.3) is 0 Å². The van der Waals surface area contributed by atoms with Gasteiger partial charge in [0, 0.05) is 6.54 Å². The molecule has 1 heterocycles. The van der Waals surface area contributed by atoms with Crippen molar-refractivity contribution in [1.82, 2.24) is 4.90 Å². The second kappa shape index (κ2) is 3.79. The molecule has 1 aliphatic carbocycles. The number of hydrogen-bond acceptors (Lipinski definition) is 3. The van der Waals surface area contributed by atoms with E-state index in [9.17, 15) is 0 Å². The average Bonchev–Trinajstić information content (AvgIpc) is 2.32. The Morgan fingerprint density at radius 3 is 2.71 bits per heavy atom. The molecule has 80 valence electrons. The van der Waals surface area contributed by atoms with Gasteiger partial charge in [-0.2, -0.15) is 0 Å². The molecule has 0 spiro atoms. The zero-order valence-electron chi connectivity index (χ0n) is 9.24. The minimum Gasteiger partial charge on any atom is -0.370 e. The smallest absolute Gasteiger partial charge is 0.191 e. The third-order valence-corrected chi connectivity index (χ3v) is 3.39. The Balaban J connectivity index is 1.97. The first kappa shape index (κ1) is 9.81. The Kier molecular flexibility index (Phi) is 2.66. The molecule has 0 radical (unpaired) electrons. The summed E-state index contributed by atoms with van der Waals surface area (Å²) in [5, 5.41) is 0. The lowest BCUT2D eigenvalue weighted by Gasteiger charge is -2.38. The van der Waals surface area contributed by atoms with Crippen molar-refractivity contribution >= 4 is 5.96 Å². The summed E-state index contributed by atoms with van der Waals surface area (Å²) < 4.78 is 0. The summed E-state index contributed by atoms with van der Waals surface area (Å²) in [5.74, 6) is 2.30. The van der Waals surface area contributed by atoms with Crippen molar-refractivity contribution in [2.75, 3.05) is 13.1 Å². The molecule has 2 aliphatic rings. The Labute approximate surface area is 86.4 Å². The zero-order valence-corrected chi connectivity index (χ0v) is 9.24. The van der Waals surface area contributed by atoms with Gasteiger partial charge in [0.2, 0.25) is 0 Å². The SMILES string of the molecule is CC(C)CN1C(N)=NCC1C1CCC1. The van der Waals surface area contributed by atoms with Gasteiger partial charge in [0.25, 0.3) is 0 Å². The van der Waals surface area contributed by atoms with E-state index in [2.05, 4.69) is 23.7 Å². The highest BCUT2D eigenvalue weighted by Gasteiger charge is 2.35. The standard InChI is InChI=1S/C11H21N3/c1-8(2)7-14-10(6-13-11(14)12)9-4-3-5-9/h8-10H,3-7H2,1-2H3,(H2,12,13). The second-order valence-corrected chi connectivity index (χ2v) is 5.00. The number of aliphatic imine (C=N–C) groups is 1. The molecule has 0 aromatic heterocycles. The fourth-order valence-electron chi connectivity index (χ4n) is 2.40. The summed E-state index contributed by atoms with van der Waals surface area (Å²) in [4.78, 5) is 6.70. The number of nitrogens with zero attached hydrogens (tertiary/aromatic N) is 2. The lowest BCUT2D eigenvalue weighted by Crippen LogP contribution is -2.47. The van der Waals surface area contributed by atoms with Gasteiger partial charge in [-0.25, -0.2) is 0 Å². The van der Waals surface area contributed by atoms with Crippen LogP contribution in [0, 0.1) is 11.8 Å². The Morgan fingerprint density at radius 1 is 1.50 bits per heavy atom. The average molecular weight is 195 g/mol. The van der Waals surface area contributed by atoms with Gasteiger partial charge in [0.1, 0.15) is 0 Å². The van der Waals surface area contributed by atoms with E-state index in [1.54, 1.807) is 0 Å². The van der Waals surface area contributed by atoms with Crippen LogP contribution in [0.15, 0.2) is 4.99 Å². The van der Waals surface area contributed by atoms with Crippen molar-refractivity contribution < 1.29 is 0 Å². The van der Waals surface area contributed by atoms with E-state index in [1.807, 2.05) is 0 Å². The molecule has 2 N–H and O–H groups in total. The van der Waals surface area contributed by atoms with Gasteiger partial charge in [-0.1, -0.05) is 20.3 Å². The van der Waals surface area contributed by atoms with Crippen LogP contribution in [0.4, 0.5) is 0 Å². The van der Waals surface area contributed by atoms with Crippen LogP contribution in [0.3, 0.4) is 0 Å². The highest BCUT2D eigenvalue weighted by Crippen LogP contribution is 2.34. The molecule has 1 saturated carbocycles. The first-order valence-corrected chi connectivity index (χ1v) is 5.75. The fraction of sp³-hybridized carbons (Fsp3) is 0.909. The summed E-state index contributed by atoms with van der Waals surface area (Å²) in [6, 6.07) is 0.617. The van der Waals surface area contributed by atoms with Crippen LogP contribution >= 0.6 is 0 Å². The van der Waals surface area contributed by atoms with Gasteiger partial charge < -0.3 is 10.6 Å². The molecular formula is C11H21N3. The fourth-order valence-corrected chi connectivity index (χ4v) is 2.40. The summed E-state index contributed by atoms with van der Waals surface area (Å²) in [5.41, 5.74) is 5.91. The van der Waals surface area contributed by atoms with Crippen LogP contribution in [0.1, 0.15) is 33.1 Å². The van der Waals surface area contributed by atoms with Crippen molar-refractivity contribution in [3.05, 3.63) is 0 Å². The Bertz CT molecular complexity index is 231. The van der Waals surface area contributed by atoms with Crippen LogP contribution < -0.4 is 5.73 Å². The maximum absolute atomic E-state index is 5.91. The van der Waals surface area contributed by atoms with Crippen LogP contribution in [-0.2, 0) is 0 Å². The monoisotopic (exact) mass is 195 g/mol. The molecule has 1 aliphatic heterocycles. The van der Waals surface area contributed by atoms with Gasteiger partial charge in [-0.3, -0.25) is 4.99 Å². The number of rotatable bonds is 3. The molecular weight excluding hydrogens is 174 g/mol. The minimum atomic E-state index is 0.617. The second-order valence-electron chi connectivity index (χ2n) is 5.00. The van der Waals surface area contributed by atoms with Crippen LogP contribution in [0.2, 0.25) is 0 Å². The van der Waals surface area contributed by atoms with Crippen molar-refractivity contribution in [1.29, 1.82) is 0 Å². The van der Waals surface area contributed by atoms with E-state index in [0.717, 1.165) is 25.0 Å². The van der Waals surface area contributed by atoms with Crippen molar-refractivity contribution in [3.8, 4) is 0 Å². The summed E-state index contributed by atoms with van der Waals surface area (Å²) >= 11 is 0. The molecule has 1 atom stereocenters. The quantitative estimate of drug-likeness (QED) is 0.740. The maximum atomic E-state index is 5.91. The van der Waals surface area contributed by atoms with Gasteiger partial charge >= 0.3 is 0 Å². The molecule has 0 bridgehead atoms. The normalized spacial score (nSPS) is 28.1. The lowest BCUT2D eigenvalue weighted by molar-refractivity contribution is 0.161. The number of guanidine groups is 1. The summed E-state index contributed by atoms with van der Waals surface area (Å²) in [7, 11) is 0. The van der Waals surface area contributed by atoms with Crippen molar-refractivity contribution in [2.45, 2.75) is 39.2 Å². The zero-order chi connectivity index (χ0) is 10.1. The van der Waals surface area contributed by atoms with E-state index in [4.69, 9.17) is 5.73 Å². The molecule has 0 aromatic rings. The largest absolute Gasteiger partial charge is 0.370 e. The Hall–Kier alpha value is -0.730. The Morgan fingerprint density at radius 2 is 2.21 bits per heavy atom. The van der Waals surface area contributed by atoms with E-state index in [1.165, 1.54) is 19.3 Å². The summed E-state index contributed by atoms with van der Waals surface area (Å²) in [6.45, 7) is 6.48. The van der Waals surface area contributed by atoms with Crippen molar-refractivity contribution in [2.24, 2.45) is 22.6 Å². The summed E-state index contributed by atoms with van der Waals surface area (Å²) in [6.07, 6.45) is 4.15. The lowest BCUT2D eigenvalue weighted by atomic mass is 9.79. The van der Waals surface area contributed by atoms with Gasteiger partial charge in [0.15, 0.2) is 5.96 Å². The molecule has 1 fully saturated rings. The molecule has 0 saturated heterocycles. The van der Waals surface area contributed by atoms with Gasteiger partial charge in [-0.15, -0.1) is 0 Å². The van der Waals surface area contributed by atoms with E-state index >= 15 is 0 Å².